The van der Waals surface area contributed by atoms with Crippen molar-refractivity contribution in [3.05, 3.63) is 53.2 Å². The van der Waals surface area contributed by atoms with E-state index in [0.717, 1.165) is 36.8 Å². The van der Waals surface area contributed by atoms with Crippen molar-refractivity contribution in [2.75, 3.05) is 13.2 Å². The summed E-state index contributed by atoms with van der Waals surface area (Å²) in [6, 6.07) is 9.54. The highest BCUT2D eigenvalue weighted by molar-refractivity contribution is 5.79. The summed E-state index contributed by atoms with van der Waals surface area (Å²) >= 11 is 0. The fourth-order valence-electron chi connectivity index (χ4n) is 3.58. The second kappa shape index (κ2) is 8.75. The highest BCUT2D eigenvalue weighted by Gasteiger charge is 2.42. The average Bonchev–Trinajstić information content (AvgIpc) is 2.68. The second-order valence-electron chi connectivity index (χ2n) is 6.51. The molecule has 1 aliphatic heterocycles. The minimum atomic E-state index is -0.575. The fraction of sp³-hybridized carbons (Fsp3) is 0.429. The number of fused-ring (bicyclic) bond motifs is 1. The molecule has 0 N–H and O–H groups in total. The third kappa shape index (κ3) is 4.15. The lowest BCUT2D eigenvalue weighted by atomic mass is 9.87. The number of hydrazine groups is 1. The van der Waals surface area contributed by atoms with E-state index in [1.165, 1.54) is 10.0 Å². The summed E-state index contributed by atoms with van der Waals surface area (Å²) in [5.74, 6) is 0. The molecule has 6 nitrogen and oxygen atoms in total. The van der Waals surface area contributed by atoms with Gasteiger partial charge in [-0.1, -0.05) is 36.8 Å². The van der Waals surface area contributed by atoms with Crippen LogP contribution in [0.15, 0.2) is 47.7 Å². The Kier molecular flexibility index (Phi) is 6.16. The maximum atomic E-state index is 12.8. The van der Waals surface area contributed by atoms with Gasteiger partial charge in [-0.15, -0.1) is 0 Å². The second-order valence-corrected chi connectivity index (χ2v) is 6.51. The molecule has 6 heteroatoms. The quantitative estimate of drug-likeness (QED) is 0.771. The summed E-state index contributed by atoms with van der Waals surface area (Å²) in [6.07, 6.45) is 6.60. The van der Waals surface area contributed by atoms with Gasteiger partial charge in [0.1, 0.15) is 0 Å². The van der Waals surface area contributed by atoms with Crippen molar-refractivity contribution >= 4 is 18.3 Å². The topological polar surface area (TPSA) is 59.1 Å². The number of carbonyl (C=O) groups excluding carboxylic acids is 2. The van der Waals surface area contributed by atoms with Gasteiger partial charge in [-0.3, -0.25) is 0 Å². The van der Waals surface area contributed by atoms with Gasteiger partial charge >= 0.3 is 12.2 Å². The number of nitrogens with zero attached hydrogens (tertiary/aromatic N) is 2. The van der Waals surface area contributed by atoms with Gasteiger partial charge in [0.2, 0.25) is 0 Å². The van der Waals surface area contributed by atoms with E-state index in [-0.39, 0.29) is 19.3 Å². The summed E-state index contributed by atoms with van der Waals surface area (Å²) in [5.41, 5.74) is 2.70. The van der Waals surface area contributed by atoms with Crippen LogP contribution in [0.1, 0.15) is 45.1 Å². The van der Waals surface area contributed by atoms with E-state index in [0.29, 0.717) is 5.70 Å². The Morgan fingerprint density at radius 2 is 1.78 bits per heavy atom. The van der Waals surface area contributed by atoms with E-state index >= 15 is 0 Å². The zero-order chi connectivity index (χ0) is 19.2. The number of hydrogen-bond donors (Lipinski definition) is 0. The third-order valence-electron chi connectivity index (χ3n) is 4.72. The Labute approximate surface area is 160 Å². The summed E-state index contributed by atoms with van der Waals surface area (Å²) in [5, 5.41) is 2.76. The Balaban J connectivity index is 2.09. The van der Waals surface area contributed by atoms with Crippen molar-refractivity contribution in [2.24, 2.45) is 0 Å². The maximum absolute atomic E-state index is 12.8. The van der Waals surface area contributed by atoms with Gasteiger partial charge in [-0.2, -0.15) is 5.01 Å². The van der Waals surface area contributed by atoms with Crippen LogP contribution >= 0.6 is 0 Å². The zero-order valence-electron chi connectivity index (χ0n) is 15.9. The van der Waals surface area contributed by atoms with E-state index in [1.54, 1.807) is 13.8 Å². The normalized spacial score (nSPS) is 20.7. The Morgan fingerprint density at radius 3 is 2.48 bits per heavy atom. The standard InChI is InChI=1S/C21H26N2O4/c1-3-26-20(24)22-18(14-16-10-6-5-7-11-16)15-17-12-8-9-13-19(17)23(22)21(25)27-4-2/h5-7,10-11,14-15,19H,3-4,8-9,12-13H2,1-2H3/b18-14+. The highest BCUT2D eigenvalue weighted by Crippen LogP contribution is 2.36. The van der Waals surface area contributed by atoms with Crippen LogP contribution in [0.3, 0.4) is 0 Å². The molecule has 0 aromatic heterocycles. The molecule has 0 saturated heterocycles. The van der Waals surface area contributed by atoms with E-state index in [2.05, 4.69) is 0 Å². The molecule has 1 fully saturated rings. The van der Waals surface area contributed by atoms with Crippen LogP contribution in [0.2, 0.25) is 0 Å². The van der Waals surface area contributed by atoms with Gasteiger partial charge < -0.3 is 9.47 Å². The Bertz CT molecular complexity index is 742. The number of hydrogen-bond acceptors (Lipinski definition) is 4. The molecule has 3 rings (SSSR count). The number of allylic oxidation sites excluding steroid dienone is 1. The van der Waals surface area contributed by atoms with Crippen molar-refractivity contribution in [1.29, 1.82) is 0 Å². The molecule has 1 atom stereocenters. The molecule has 27 heavy (non-hydrogen) atoms. The molecule has 1 saturated carbocycles. The Hall–Kier alpha value is -2.76. The third-order valence-corrected chi connectivity index (χ3v) is 4.72. The van der Waals surface area contributed by atoms with Crippen LogP contribution in [0, 0.1) is 0 Å². The van der Waals surface area contributed by atoms with Crippen LogP contribution in [0.4, 0.5) is 9.59 Å². The van der Waals surface area contributed by atoms with Crippen LogP contribution in [-0.2, 0) is 9.47 Å². The molecule has 0 radical (unpaired) electrons. The number of carbonyl (C=O) groups is 2. The van der Waals surface area contributed by atoms with Crippen LogP contribution in [0.5, 0.6) is 0 Å². The monoisotopic (exact) mass is 370 g/mol. The number of benzene rings is 1. The predicted octanol–water partition coefficient (Wildman–Crippen LogP) is 4.74. The first-order valence-electron chi connectivity index (χ1n) is 9.55. The minimum absolute atomic E-state index is 0.171. The molecule has 0 spiro atoms. The average molecular weight is 370 g/mol. The summed E-state index contributed by atoms with van der Waals surface area (Å²) in [4.78, 5) is 25.5. The summed E-state index contributed by atoms with van der Waals surface area (Å²) in [6.45, 7) is 3.98. The van der Waals surface area contributed by atoms with E-state index in [4.69, 9.17) is 9.47 Å². The van der Waals surface area contributed by atoms with E-state index in [9.17, 15) is 9.59 Å². The number of rotatable bonds is 3. The lowest BCUT2D eigenvalue weighted by Crippen LogP contribution is -2.57. The van der Waals surface area contributed by atoms with Crippen molar-refractivity contribution in [2.45, 2.75) is 45.6 Å². The predicted molar refractivity (Wildman–Crippen MR) is 102 cm³/mol. The molecule has 1 unspecified atom stereocenters. The number of ether oxygens (including phenoxy) is 2. The van der Waals surface area contributed by atoms with Crippen molar-refractivity contribution in [3.63, 3.8) is 0 Å². The first kappa shape index (κ1) is 19.0. The van der Waals surface area contributed by atoms with Crippen LogP contribution in [0.25, 0.3) is 6.08 Å². The molecule has 0 bridgehead atoms. The van der Waals surface area contributed by atoms with Crippen molar-refractivity contribution < 1.29 is 19.1 Å². The summed E-state index contributed by atoms with van der Waals surface area (Å²) in [7, 11) is 0. The number of amides is 2. The molecule has 2 amide bonds. The van der Waals surface area contributed by atoms with Gasteiger partial charge in [0.05, 0.1) is 25.0 Å². The van der Waals surface area contributed by atoms with E-state index in [1.807, 2.05) is 42.5 Å². The van der Waals surface area contributed by atoms with Gasteiger partial charge in [0.25, 0.3) is 0 Å². The maximum Gasteiger partial charge on any atom is 0.433 e. The molecule has 1 heterocycles. The smallest absolute Gasteiger partial charge is 0.433 e. The van der Waals surface area contributed by atoms with Crippen LogP contribution in [-0.4, -0.2) is 41.5 Å². The van der Waals surface area contributed by atoms with Gasteiger partial charge in [-0.25, -0.2) is 14.6 Å². The van der Waals surface area contributed by atoms with E-state index < -0.39 is 12.2 Å². The molecular formula is C21H26N2O4. The first-order chi connectivity index (χ1) is 13.2. The lowest BCUT2D eigenvalue weighted by Gasteiger charge is -2.44. The van der Waals surface area contributed by atoms with Crippen LogP contribution < -0.4 is 0 Å². The highest BCUT2D eigenvalue weighted by atomic mass is 16.6. The van der Waals surface area contributed by atoms with Gasteiger partial charge in [0.15, 0.2) is 0 Å². The minimum Gasteiger partial charge on any atom is -0.448 e. The molecular weight excluding hydrogens is 344 g/mol. The molecule has 1 aromatic carbocycles. The lowest BCUT2D eigenvalue weighted by molar-refractivity contribution is -0.0239. The van der Waals surface area contributed by atoms with Gasteiger partial charge in [-0.05, 0) is 56.4 Å². The van der Waals surface area contributed by atoms with Gasteiger partial charge in [0, 0.05) is 0 Å². The molecule has 1 aliphatic carbocycles. The SMILES string of the molecule is CCOC(=O)N1/C(=C/c2ccccc2)C=C2CCCCC2N1C(=O)OCC. The Morgan fingerprint density at radius 1 is 1.07 bits per heavy atom. The van der Waals surface area contributed by atoms with Crippen molar-refractivity contribution in [3.8, 4) is 0 Å². The molecule has 2 aliphatic rings. The molecule has 144 valence electrons. The molecule has 1 aromatic rings. The fourth-order valence-corrected chi connectivity index (χ4v) is 3.58. The largest absolute Gasteiger partial charge is 0.448 e. The summed E-state index contributed by atoms with van der Waals surface area (Å²) < 4.78 is 10.5. The first-order valence-corrected chi connectivity index (χ1v) is 9.55. The zero-order valence-corrected chi connectivity index (χ0v) is 15.9. The van der Waals surface area contributed by atoms with Crippen molar-refractivity contribution in [1.82, 2.24) is 10.0 Å².